The highest BCUT2D eigenvalue weighted by Crippen LogP contribution is 2.25. The Bertz CT molecular complexity index is 793. The molecule has 134 valence electrons. The van der Waals surface area contributed by atoms with E-state index in [1.54, 1.807) is 0 Å². The van der Waals surface area contributed by atoms with Gasteiger partial charge in [0.15, 0.2) is 0 Å². The summed E-state index contributed by atoms with van der Waals surface area (Å²) in [5.74, 6) is 2.15. The van der Waals surface area contributed by atoms with Crippen molar-refractivity contribution in [3.05, 3.63) is 54.3 Å². The second-order valence-corrected chi connectivity index (χ2v) is 7.61. The van der Waals surface area contributed by atoms with Gasteiger partial charge in [-0.3, -0.25) is 4.79 Å². The molecule has 0 spiro atoms. The normalized spacial score (nSPS) is 23.0. The number of carbonyl (C=O) groups is 1. The van der Waals surface area contributed by atoms with Crippen molar-refractivity contribution in [2.75, 3.05) is 19.0 Å². The quantitative estimate of drug-likeness (QED) is 0.799. The number of amidine groups is 1. The van der Waals surface area contributed by atoms with Gasteiger partial charge in [0, 0.05) is 24.5 Å². The number of hydrogen-bond donors (Lipinski definition) is 0. The summed E-state index contributed by atoms with van der Waals surface area (Å²) in [6, 6.07) is 9.57. The molecule has 5 nitrogen and oxygen atoms in total. The summed E-state index contributed by atoms with van der Waals surface area (Å²) in [4.78, 5) is 21.1. The summed E-state index contributed by atoms with van der Waals surface area (Å²) >= 11 is 1.81. The lowest BCUT2D eigenvalue weighted by molar-refractivity contribution is -0.118. The predicted octanol–water partition coefficient (Wildman–Crippen LogP) is 3.43. The lowest BCUT2D eigenvalue weighted by atomic mass is 9.96. The smallest absolute Gasteiger partial charge is 0.260 e. The van der Waals surface area contributed by atoms with Crippen LogP contribution in [0.25, 0.3) is 0 Å². The molecule has 0 aromatic heterocycles. The van der Waals surface area contributed by atoms with Gasteiger partial charge in [0.25, 0.3) is 5.91 Å². The highest BCUT2D eigenvalue weighted by molar-refractivity contribution is 8.00. The van der Waals surface area contributed by atoms with Gasteiger partial charge in [-0.15, -0.1) is 0 Å². The number of hydrogen-bond acceptors (Lipinski definition) is 5. The summed E-state index contributed by atoms with van der Waals surface area (Å²) in [6.45, 7) is 1.63. The monoisotopic (exact) mass is 368 g/mol. The first-order valence-corrected chi connectivity index (χ1v) is 9.85. The summed E-state index contributed by atoms with van der Waals surface area (Å²) in [6.07, 6.45) is 7.55. The Morgan fingerprint density at radius 2 is 1.96 bits per heavy atom. The fourth-order valence-electron chi connectivity index (χ4n) is 3.04. The Kier molecular flexibility index (Phi) is 5.32. The maximum Gasteiger partial charge on any atom is 0.260 e. The molecule has 0 bridgehead atoms. The van der Waals surface area contributed by atoms with Gasteiger partial charge in [-0.1, -0.05) is 24.3 Å². The van der Waals surface area contributed by atoms with Gasteiger partial charge in [-0.25, -0.2) is 4.99 Å². The fraction of sp³-hybridized carbons (Fsp3) is 0.350. The van der Waals surface area contributed by atoms with E-state index in [4.69, 9.17) is 9.47 Å². The van der Waals surface area contributed by atoms with Crippen molar-refractivity contribution >= 4 is 29.2 Å². The van der Waals surface area contributed by atoms with Gasteiger partial charge in [0.05, 0.1) is 11.5 Å². The van der Waals surface area contributed by atoms with Crippen LogP contribution < -0.4 is 4.74 Å². The van der Waals surface area contributed by atoms with E-state index in [0.29, 0.717) is 28.3 Å². The number of amides is 1. The number of para-hydroxylation sites is 1. The lowest BCUT2D eigenvalue weighted by Crippen LogP contribution is -2.29. The first-order valence-electron chi connectivity index (χ1n) is 8.80. The van der Waals surface area contributed by atoms with Crippen LogP contribution in [0, 0.1) is 5.92 Å². The average Bonchev–Trinajstić information content (AvgIpc) is 2.68. The standard InChI is InChI=1S/C20H20N2O3S/c23-20-17-7-6-15(25-14-4-2-1-3-5-14)12-18(17)21-19(22-20)13-26-16-8-10-24-11-9-16/h1-7,12,16-17H,8-11,13H2. The molecule has 0 saturated carbocycles. The highest BCUT2D eigenvalue weighted by Gasteiger charge is 2.28. The highest BCUT2D eigenvalue weighted by atomic mass is 32.2. The fourth-order valence-corrected chi connectivity index (χ4v) is 4.08. The van der Waals surface area contributed by atoms with Crippen LogP contribution in [0.3, 0.4) is 0 Å². The van der Waals surface area contributed by atoms with Gasteiger partial charge >= 0.3 is 0 Å². The third-order valence-electron chi connectivity index (χ3n) is 4.42. The molecule has 2 aliphatic heterocycles. The SMILES string of the molecule is O=C1N=C(CSC2CCOCC2)N=C2C=C(Oc3ccccc3)C=CC12. The largest absolute Gasteiger partial charge is 0.457 e. The third kappa shape index (κ3) is 4.14. The minimum Gasteiger partial charge on any atom is -0.457 e. The van der Waals surface area contributed by atoms with Gasteiger partial charge in [0.2, 0.25) is 0 Å². The second-order valence-electron chi connectivity index (χ2n) is 6.32. The molecule has 1 atom stereocenters. The summed E-state index contributed by atoms with van der Waals surface area (Å²) < 4.78 is 11.2. The van der Waals surface area contributed by atoms with E-state index in [0.717, 1.165) is 31.8 Å². The van der Waals surface area contributed by atoms with Crippen molar-refractivity contribution < 1.29 is 14.3 Å². The van der Waals surface area contributed by atoms with Crippen LogP contribution in [0.1, 0.15) is 12.8 Å². The molecule has 1 aliphatic carbocycles. The van der Waals surface area contributed by atoms with Crippen molar-refractivity contribution in [2.45, 2.75) is 18.1 Å². The Morgan fingerprint density at radius 3 is 2.77 bits per heavy atom. The molecule has 2 heterocycles. The zero-order chi connectivity index (χ0) is 17.8. The number of carbonyl (C=O) groups excluding carboxylic acids is 1. The number of fused-ring (bicyclic) bond motifs is 1. The molecule has 1 aromatic carbocycles. The zero-order valence-electron chi connectivity index (χ0n) is 14.3. The van der Waals surface area contributed by atoms with Gasteiger partial charge in [-0.05, 0) is 31.1 Å². The topological polar surface area (TPSA) is 60.2 Å². The number of allylic oxidation sites excluding steroid dienone is 2. The van der Waals surface area contributed by atoms with E-state index in [1.807, 2.05) is 60.3 Å². The third-order valence-corrected chi connectivity index (χ3v) is 5.79. The van der Waals surface area contributed by atoms with Crippen molar-refractivity contribution in [2.24, 2.45) is 15.9 Å². The van der Waals surface area contributed by atoms with E-state index in [-0.39, 0.29) is 5.91 Å². The summed E-state index contributed by atoms with van der Waals surface area (Å²) in [5, 5.41) is 0.554. The Balaban J connectivity index is 1.44. The van der Waals surface area contributed by atoms with E-state index in [9.17, 15) is 4.79 Å². The molecule has 1 fully saturated rings. The average molecular weight is 368 g/mol. The van der Waals surface area contributed by atoms with E-state index in [2.05, 4.69) is 9.98 Å². The molecule has 1 unspecified atom stereocenters. The number of thioether (sulfide) groups is 1. The van der Waals surface area contributed by atoms with Crippen molar-refractivity contribution in [3.63, 3.8) is 0 Å². The van der Waals surface area contributed by atoms with Gasteiger partial charge < -0.3 is 9.47 Å². The lowest BCUT2D eigenvalue weighted by Gasteiger charge is -2.23. The zero-order valence-corrected chi connectivity index (χ0v) is 15.2. The first kappa shape index (κ1) is 17.2. The molecular formula is C20H20N2O3S. The Morgan fingerprint density at radius 1 is 1.15 bits per heavy atom. The number of ether oxygens (including phenoxy) is 2. The molecule has 1 aromatic rings. The van der Waals surface area contributed by atoms with Gasteiger partial charge in [0.1, 0.15) is 23.3 Å². The molecule has 0 N–H and O–H groups in total. The van der Waals surface area contributed by atoms with Crippen LogP contribution in [0.5, 0.6) is 5.75 Å². The van der Waals surface area contributed by atoms with Crippen molar-refractivity contribution in [1.29, 1.82) is 0 Å². The summed E-state index contributed by atoms with van der Waals surface area (Å²) in [7, 11) is 0. The Labute approximate surface area is 156 Å². The molecule has 4 rings (SSSR count). The van der Waals surface area contributed by atoms with Crippen LogP contribution in [0.15, 0.2) is 64.3 Å². The molecule has 1 amide bonds. The molecule has 0 radical (unpaired) electrons. The number of nitrogens with zero attached hydrogens (tertiary/aromatic N) is 2. The number of rotatable bonds is 5. The molecule has 3 aliphatic rings. The Hall–Kier alpha value is -2.18. The van der Waals surface area contributed by atoms with Crippen LogP contribution in [0.2, 0.25) is 0 Å². The van der Waals surface area contributed by atoms with Crippen LogP contribution >= 0.6 is 11.8 Å². The van der Waals surface area contributed by atoms with Gasteiger partial charge in [-0.2, -0.15) is 16.8 Å². The molecule has 26 heavy (non-hydrogen) atoms. The maximum absolute atomic E-state index is 12.3. The minimum atomic E-state index is -0.394. The first-order chi connectivity index (χ1) is 12.8. The van der Waals surface area contributed by atoms with Crippen molar-refractivity contribution in [1.82, 2.24) is 0 Å². The molecule has 6 heteroatoms. The maximum atomic E-state index is 12.3. The van der Waals surface area contributed by atoms with Crippen LogP contribution in [-0.4, -0.2) is 41.7 Å². The van der Waals surface area contributed by atoms with Crippen LogP contribution in [-0.2, 0) is 9.53 Å². The van der Waals surface area contributed by atoms with E-state index < -0.39 is 5.92 Å². The van der Waals surface area contributed by atoms with E-state index >= 15 is 0 Å². The van der Waals surface area contributed by atoms with E-state index in [1.165, 1.54) is 0 Å². The minimum absolute atomic E-state index is 0.149. The molecule has 1 saturated heterocycles. The molecular weight excluding hydrogens is 348 g/mol. The van der Waals surface area contributed by atoms with Crippen molar-refractivity contribution in [3.8, 4) is 5.75 Å². The second kappa shape index (κ2) is 8.01. The summed E-state index contributed by atoms with van der Waals surface area (Å²) in [5.41, 5.74) is 0.709. The number of benzene rings is 1. The van der Waals surface area contributed by atoms with Crippen LogP contribution in [0.4, 0.5) is 0 Å². The predicted molar refractivity (Wildman–Crippen MR) is 104 cm³/mol. The number of aliphatic imine (C=N–C) groups is 2.